The Morgan fingerprint density at radius 3 is 2.52 bits per heavy atom. The molecule has 0 aliphatic carbocycles. The van der Waals surface area contributed by atoms with Crippen LogP contribution in [0.3, 0.4) is 0 Å². The zero-order valence-corrected chi connectivity index (χ0v) is 16.0. The highest BCUT2D eigenvalue weighted by Gasteiger charge is 2.27. The molecule has 144 valence electrons. The van der Waals surface area contributed by atoms with Gasteiger partial charge in [-0.2, -0.15) is 0 Å². The van der Waals surface area contributed by atoms with Gasteiger partial charge in [-0.05, 0) is 36.6 Å². The van der Waals surface area contributed by atoms with Crippen LogP contribution in [0.2, 0.25) is 0 Å². The summed E-state index contributed by atoms with van der Waals surface area (Å²) < 4.78 is 17.8. The van der Waals surface area contributed by atoms with Gasteiger partial charge in [-0.1, -0.05) is 37.3 Å². The molecule has 5 heteroatoms. The molecule has 0 saturated carbocycles. The van der Waals surface area contributed by atoms with Crippen LogP contribution in [0.1, 0.15) is 35.5 Å². The van der Waals surface area contributed by atoms with Gasteiger partial charge in [0.1, 0.15) is 23.0 Å². The van der Waals surface area contributed by atoms with E-state index in [1.165, 1.54) is 12.1 Å². The van der Waals surface area contributed by atoms with Gasteiger partial charge in [0.15, 0.2) is 16.6 Å². The minimum Gasteiger partial charge on any atom is -0.480 e. The zero-order chi connectivity index (χ0) is 20.1. The SMILES string of the molecule is CCc1cc(=O)oc2c1c1c(c3oc(C)cc(=O)c32)C=CC(c2ccccc2)O1. The molecule has 5 rings (SSSR count). The van der Waals surface area contributed by atoms with Crippen LogP contribution in [-0.2, 0) is 6.42 Å². The Hall–Kier alpha value is -3.60. The van der Waals surface area contributed by atoms with E-state index in [2.05, 4.69) is 0 Å². The molecule has 3 heterocycles. The van der Waals surface area contributed by atoms with E-state index in [9.17, 15) is 9.59 Å². The Bertz CT molecular complexity index is 1410. The van der Waals surface area contributed by atoms with E-state index in [4.69, 9.17) is 13.6 Å². The second-order valence-electron chi connectivity index (χ2n) is 7.12. The van der Waals surface area contributed by atoms with Crippen LogP contribution in [0.15, 0.2) is 67.0 Å². The molecule has 0 N–H and O–H groups in total. The highest BCUT2D eigenvalue weighted by atomic mass is 16.5. The molecule has 0 spiro atoms. The van der Waals surface area contributed by atoms with Crippen LogP contribution in [0, 0.1) is 6.92 Å². The monoisotopic (exact) mass is 386 g/mol. The standard InChI is InChI=1S/C24H18O5/c1-3-14-12-19(26)29-24-20(14)22-16(23-21(24)17(25)11-13(2)27-23)9-10-18(28-22)15-7-5-4-6-8-15/h4-12,18H,3H2,1-2H3. The summed E-state index contributed by atoms with van der Waals surface area (Å²) in [5.41, 5.74) is 2.31. The number of hydrogen-bond donors (Lipinski definition) is 0. The highest BCUT2D eigenvalue weighted by Crippen LogP contribution is 2.44. The molecule has 4 aromatic rings. The van der Waals surface area contributed by atoms with Crippen molar-refractivity contribution in [3.8, 4) is 5.75 Å². The summed E-state index contributed by atoms with van der Waals surface area (Å²) in [6, 6.07) is 12.7. The van der Waals surface area contributed by atoms with Gasteiger partial charge in [0.25, 0.3) is 0 Å². The van der Waals surface area contributed by atoms with Gasteiger partial charge in [-0.3, -0.25) is 4.79 Å². The van der Waals surface area contributed by atoms with E-state index in [1.54, 1.807) is 6.92 Å². The smallest absolute Gasteiger partial charge is 0.336 e. The maximum Gasteiger partial charge on any atom is 0.336 e. The Kier molecular flexibility index (Phi) is 3.91. The van der Waals surface area contributed by atoms with Gasteiger partial charge < -0.3 is 13.6 Å². The van der Waals surface area contributed by atoms with Gasteiger partial charge in [-0.15, -0.1) is 0 Å². The topological polar surface area (TPSA) is 69.7 Å². The third-order valence-corrected chi connectivity index (χ3v) is 5.25. The largest absolute Gasteiger partial charge is 0.480 e. The summed E-state index contributed by atoms with van der Waals surface area (Å²) in [5, 5.41) is 0.916. The summed E-state index contributed by atoms with van der Waals surface area (Å²) in [6.45, 7) is 3.67. The van der Waals surface area contributed by atoms with Crippen molar-refractivity contribution in [2.75, 3.05) is 0 Å². The lowest BCUT2D eigenvalue weighted by atomic mass is 9.96. The third-order valence-electron chi connectivity index (χ3n) is 5.25. The van der Waals surface area contributed by atoms with E-state index >= 15 is 0 Å². The molecule has 1 aliphatic rings. The lowest BCUT2D eigenvalue weighted by Gasteiger charge is -2.24. The molecule has 0 saturated heterocycles. The first-order chi connectivity index (χ1) is 14.1. The molecule has 2 aromatic carbocycles. The summed E-state index contributed by atoms with van der Waals surface area (Å²) in [6.07, 6.45) is 4.17. The van der Waals surface area contributed by atoms with Crippen molar-refractivity contribution in [1.29, 1.82) is 0 Å². The van der Waals surface area contributed by atoms with Crippen molar-refractivity contribution in [3.63, 3.8) is 0 Å². The summed E-state index contributed by atoms with van der Waals surface area (Å²) in [7, 11) is 0. The second kappa shape index (κ2) is 6.48. The maximum absolute atomic E-state index is 12.8. The number of aryl methyl sites for hydroxylation is 2. The fourth-order valence-electron chi connectivity index (χ4n) is 3.94. The first kappa shape index (κ1) is 17.5. The zero-order valence-electron chi connectivity index (χ0n) is 16.0. The summed E-state index contributed by atoms with van der Waals surface area (Å²) in [5.74, 6) is 1.05. The normalized spacial score (nSPS) is 15.4. The fourth-order valence-corrected chi connectivity index (χ4v) is 3.94. The van der Waals surface area contributed by atoms with Gasteiger partial charge in [0, 0.05) is 12.1 Å². The maximum atomic E-state index is 12.8. The average Bonchev–Trinajstić information content (AvgIpc) is 2.72. The molecule has 1 atom stereocenters. The second-order valence-corrected chi connectivity index (χ2v) is 7.12. The fraction of sp³-hybridized carbons (Fsp3) is 0.167. The Labute approximate surface area is 165 Å². The van der Waals surface area contributed by atoms with E-state index in [0.717, 1.165) is 11.1 Å². The molecule has 1 aliphatic heterocycles. The van der Waals surface area contributed by atoms with Gasteiger partial charge >= 0.3 is 5.63 Å². The average molecular weight is 386 g/mol. The molecule has 0 fully saturated rings. The molecule has 0 radical (unpaired) electrons. The van der Waals surface area contributed by atoms with Crippen molar-refractivity contribution >= 4 is 28.0 Å². The Morgan fingerprint density at radius 1 is 0.966 bits per heavy atom. The molecule has 5 nitrogen and oxygen atoms in total. The van der Waals surface area contributed by atoms with Gasteiger partial charge in [-0.25, -0.2) is 4.79 Å². The van der Waals surface area contributed by atoms with Crippen LogP contribution in [-0.4, -0.2) is 0 Å². The Balaban J connectivity index is 1.93. The molecule has 0 amide bonds. The van der Waals surface area contributed by atoms with Gasteiger partial charge in [0.2, 0.25) is 0 Å². The Morgan fingerprint density at radius 2 is 1.76 bits per heavy atom. The van der Waals surface area contributed by atoms with Crippen molar-refractivity contribution in [2.45, 2.75) is 26.4 Å². The number of benzene rings is 2. The lowest BCUT2D eigenvalue weighted by molar-refractivity contribution is 0.254. The predicted octanol–water partition coefficient (Wildman–Crippen LogP) is 4.92. The predicted molar refractivity (Wildman–Crippen MR) is 111 cm³/mol. The number of fused-ring (bicyclic) bond motifs is 6. The molecule has 2 aromatic heterocycles. The number of hydrogen-bond acceptors (Lipinski definition) is 5. The molecular formula is C24H18O5. The van der Waals surface area contributed by atoms with Gasteiger partial charge in [0.05, 0.1) is 10.9 Å². The van der Waals surface area contributed by atoms with E-state index < -0.39 is 5.63 Å². The van der Waals surface area contributed by atoms with Crippen molar-refractivity contribution in [2.24, 2.45) is 0 Å². The van der Waals surface area contributed by atoms with E-state index in [0.29, 0.717) is 34.5 Å². The van der Waals surface area contributed by atoms with Crippen LogP contribution in [0.4, 0.5) is 0 Å². The van der Waals surface area contributed by atoms with Crippen LogP contribution in [0.25, 0.3) is 28.0 Å². The third kappa shape index (κ3) is 2.70. The summed E-state index contributed by atoms with van der Waals surface area (Å²) >= 11 is 0. The lowest BCUT2D eigenvalue weighted by Crippen LogP contribution is -2.13. The van der Waals surface area contributed by atoms with Crippen molar-refractivity contribution < 1.29 is 13.6 Å². The quantitative estimate of drug-likeness (QED) is 0.361. The molecule has 0 bridgehead atoms. The van der Waals surface area contributed by atoms with Crippen molar-refractivity contribution in [1.82, 2.24) is 0 Å². The van der Waals surface area contributed by atoms with Crippen LogP contribution >= 0.6 is 0 Å². The first-order valence-corrected chi connectivity index (χ1v) is 9.53. The highest BCUT2D eigenvalue weighted by molar-refractivity contribution is 6.10. The minimum absolute atomic E-state index is 0.221. The summed E-state index contributed by atoms with van der Waals surface area (Å²) in [4.78, 5) is 25.0. The first-order valence-electron chi connectivity index (χ1n) is 9.53. The van der Waals surface area contributed by atoms with Crippen LogP contribution in [0.5, 0.6) is 5.75 Å². The number of ether oxygens (including phenoxy) is 1. The molecule has 1 unspecified atom stereocenters. The number of rotatable bonds is 2. The molecule has 29 heavy (non-hydrogen) atoms. The van der Waals surface area contributed by atoms with Crippen LogP contribution < -0.4 is 15.8 Å². The molecular weight excluding hydrogens is 368 g/mol. The van der Waals surface area contributed by atoms with E-state index in [-0.39, 0.29) is 22.5 Å². The minimum atomic E-state index is -0.499. The van der Waals surface area contributed by atoms with Crippen molar-refractivity contribution in [3.05, 3.63) is 91.6 Å². The van der Waals surface area contributed by atoms with E-state index in [1.807, 2.05) is 49.4 Å².